The van der Waals surface area contributed by atoms with E-state index in [9.17, 15) is 0 Å². The number of rotatable bonds is 2. The minimum atomic E-state index is 0.665. The van der Waals surface area contributed by atoms with Gasteiger partial charge in [-0.25, -0.2) is 0 Å². The lowest BCUT2D eigenvalue weighted by Crippen LogP contribution is -2.31. The predicted octanol–water partition coefficient (Wildman–Crippen LogP) is 2.31. The summed E-state index contributed by atoms with van der Waals surface area (Å²) in [6.07, 6.45) is 3.78. The van der Waals surface area contributed by atoms with Crippen molar-refractivity contribution in [2.75, 3.05) is 26.3 Å². The zero-order valence-electron chi connectivity index (χ0n) is 11.0. The summed E-state index contributed by atoms with van der Waals surface area (Å²) in [7, 11) is 0. The second kappa shape index (κ2) is 5.19. The van der Waals surface area contributed by atoms with E-state index in [0.717, 1.165) is 30.4 Å². The average Bonchev–Trinajstić information content (AvgIpc) is 2.41. The fourth-order valence-electron chi connectivity index (χ4n) is 2.86. The lowest BCUT2D eigenvalue weighted by Gasteiger charge is -2.25. The summed E-state index contributed by atoms with van der Waals surface area (Å²) in [5.74, 6) is 2.59. The first-order valence-electron chi connectivity index (χ1n) is 6.93. The Labute approximate surface area is 108 Å². The molecule has 0 saturated carbocycles. The van der Waals surface area contributed by atoms with Gasteiger partial charge in [-0.15, -0.1) is 0 Å². The summed E-state index contributed by atoms with van der Waals surface area (Å²) >= 11 is 0. The van der Waals surface area contributed by atoms with Crippen LogP contribution in [-0.4, -0.2) is 26.3 Å². The Kier molecular flexibility index (Phi) is 3.41. The topological polar surface area (TPSA) is 30.5 Å². The second-order valence-electron chi connectivity index (χ2n) is 5.34. The molecule has 0 radical (unpaired) electrons. The standard InChI is InChI=1S/C15H21NO2/c1-11-7-14-15(18-6-5-17-14)9-13(11)8-12-3-2-4-16-10-12/h7,9,12,16H,2-6,8,10H2,1H3. The fraction of sp³-hybridized carbons (Fsp3) is 0.600. The lowest BCUT2D eigenvalue weighted by molar-refractivity contribution is 0.171. The van der Waals surface area contributed by atoms with E-state index in [0.29, 0.717) is 13.2 Å². The van der Waals surface area contributed by atoms with Crippen molar-refractivity contribution >= 4 is 0 Å². The number of hydrogen-bond donors (Lipinski definition) is 1. The summed E-state index contributed by atoms with van der Waals surface area (Å²) in [6.45, 7) is 5.83. The summed E-state index contributed by atoms with van der Waals surface area (Å²) < 4.78 is 11.3. The molecule has 1 saturated heterocycles. The second-order valence-corrected chi connectivity index (χ2v) is 5.34. The molecule has 0 amide bonds. The van der Waals surface area contributed by atoms with Gasteiger partial charge in [0.15, 0.2) is 11.5 Å². The van der Waals surface area contributed by atoms with E-state index in [4.69, 9.17) is 9.47 Å². The number of ether oxygens (including phenoxy) is 2. The molecular formula is C15H21NO2. The van der Waals surface area contributed by atoms with Gasteiger partial charge in [0.2, 0.25) is 0 Å². The highest BCUT2D eigenvalue weighted by Crippen LogP contribution is 2.34. The van der Waals surface area contributed by atoms with Crippen molar-refractivity contribution in [2.24, 2.45) is 5.92 Å². The molecule has 3 heteroatoms. The van der Waals surface area contributed by atoms with Gasteiger partial charge < -0.3 is 14.8 Å². The van der Waals surface area contributed by atoms with Crippen LogP contribution in [0.2, 0.25) is 0 Å². The van der Waals surface area contributed by atoms with Gasteiger partial charge in [-0.05, 0) is 68.5 Å². The fourth-order valence-corrected chi connectivity index (χ4v) is 2.86. The quantitative estimate of drug-likeness (QED) is 0.870. The minimum absolute atomic E-state index is 0.665. The van der Waals surface area contributed by atoms with Crippen LogP contribution in [0.3, 0.4) is 0 Å². The van der Waals surface area contributed by atoms with Gasteiger partial charge in [0.05, 0.1) is 0 Å². The summed E-state index contributed by atoms with van der Waals surface area (Å²) in [5, 5.41) is 3.48. The summed E-state index contributed by atoms with van der Waals surface area (Å²) in [4.78, 5) is 0. The van der Waals surface area contributed by atoms with Crippen molar-refractivity contribution in [3.63, 3.8) is 0 Å². The van der Waals surface area contributed by atoms with Gasteiger partial charge in [0.25, 0.3) is 0 Å². The maximum absolute atomic E-state index is 5.67. The van der Waals surface area contributed by atoms with Crippen LogP contribution in [-0.2, 0) is 6.42 Å². The van der Waals surface area contributed by atoms with Gasteiger partial charge in [-0.1, -0.05) is 0 Å². The van der Waals surface area contributed by atoms with Crippen molar-refractivity contribution in [3.05, 3.63) is 23.3 Å². The van der Waals surface area contributed by atoms with Crippen LogP contribution in [0.1, 0.15) is 24.0 Å². The Hall–Kier alpha value is -1.22. The normalized spacial score (nSPS) is 22.8. The van der Waals surface area contributed by atoms with E-state index < -0.39 is 0 Å². The number of fused-ring (bicyclic) bond motifs is 1. The van der Waals surface area contributed by atoms with Gasteiger partial charge in [-0.2, -0.15) is 0 Å². The number of piperidine rings is 1. The van der Waals surface area contributed by atoms with Gasteiger partial charge >= 0.3 is 0 Å². The molecule has 0 spiro atoms. The zero-order chi connectivity index (χ0) is 12.4. The molecule has 2 aliphatic rings. The third-order valence-corrected chi connectivity index (χ3v) is 3.91. The highest BCUT2D eigenvalue weighted by molar-refractivity contribution is 5.47. The first kappa shape index (κ1) is 11.8. The first-order chi connectivity index (χ1) is 8.83. The van der Waals surface area contributed by atoms with Gasteiger partial charge in [0.1, 0.15) is 13.2 Å². The molecule has 1 aromatic carbocycles. The van der Waals surface area contributed by atoms with E-state index >= 15 is 0 Å². The molecule has 3 nitrogen and oxygen atoms in total. The Morgan fingerprint density at radius 1 is 1.22 bits per heavy atom. The van der Waals surface area contributed by atoms with Crippen LogP contribution in [0.4, 0.5) is 0 Å². The van der Waals surface area contributed by atoms with Crippen LogP contribution in [0.15, 0.2) is 12.1 Å². The molecule has 1 aromatic rings. The molecule has 1 atom stereocenters. The van der Waals surface area contributed by atoms with Gasteiger partial charge in [0, 0.05) is 0 Å². The van der Waals surface area contributed by atoms with E-state index in [2.05, 4.69) is 24.4 Å². The van der Waals surface area contributed by atoms with Crippen molar-refractivity contribution in [1.82, 2.24) is 5.32 Å². The molecule has 0 bridgehead atoms. The summed E-state index contributed by atoms with van der Waals surface area (Å²) in [6, 6.07) is 4.30. The third kappa shape index (κ3) is 2.46. The molecule has 1 N–H and O–H groups in total. The van der Waals surface area contributed by atoms with Crippen LogP contribution in [0.5, 0.6) is 11.5 Å². The van der Waals surface area contributed by atoms with Crippen LogP contribution < -0.4 is 14.8 Å². The maximum Gasteiger partial charge on any atom is 0.161 e. The van der Waals surface area contributed by atoms with Gasteiger partial charge in [-0.3, -0.25) is 0 Å². The molecule has 1 unspecified atom stereocenters. The summed E-state index contributed by atoms with van der Waals surface area (Å²) in [5.41, 5.74) is 2.73. The molecule has 0 aliphatic carbocycles. The first-order valence-corrected chi connectivity index (χ1v) is 6.93. The molecule has 2 heterocycles. The van der Waals surface area contributed by atoms with Crippen LogP contribution in [0.25, 0.3) is 0 Å². The molecular weight excluding hydrogens is 226 g/mol. The molecule has 3 rings (SSSR count). The highest BCUT2D eigenvalue weighted by Gasteiger charge is 2.18. The van der Waals surface area contributed by atoms with Crippen LogP contribution in [0, 0.1) is 12.8 Å². The SMILES string of the molecule is Cc1cc2c(cc1CC1CCCNC1)OCCO2. The van der Waals surface area contributed by atoms with Crippen molar-refractivity contribution in [1.29, 1.82) is 0 Å². The van der Waals surface area contributed by atoms with E-state index in [1.165, 1.54) is 30.5 Å². The monoisotopic (exact) mass is 247 g/mol. The largest absolute Gasteiger partial charge is 0.486 e. The molecule has 1 fully saturated rings. The Morgan fingerprint density at radius 3 is 2.72 bits per heavy atom. The van der Waals surface area contributed by atoms with E-state index in [1.54, 1.807) is 0 Å². The predicted molar refractivity (Wildman–Crippen MR) is 71.5 cm³/mol. The number of nitrogens with one attached hydrogen (secondary N) is 1. The third-order valence-electron chi connectivity index (χ3n) is 3.91. The smallest absolute Gasteiger partial charge is 0.161 e. The van der Waals surface area contributed by atoms with Crippen molar-refractivity contribution in [2.45, 2.75) is 26.2 Å². The Morgan fingerprint density at radius 2 is 2.00 bits per heavy atom. The number of hydrogen-bond acceptors (Lipinski definition) is 3. The van der Waals surface area contributed by atoms with E-state index in [-0.39, 0.29) is 0 Å². The van der Waals surface area contributed by atoms with E-state index in [1.807, 2.05) is 0 Å². The lowest BCUT2D eigenvalue weighted by atomic mass is 9.90. The Balaban J connectivity index is 1.78. The number of benzene rings is 1. The minimum Gasteiger partial charge on any atom is -0.486 e. The molecule has 98 valence electrons. The van der Waals surface area contributed by atoms with Crippen molar-refractivity contribution < 1.29 is 9.47 Å². The molecule has 0 aromatic heterocycles. The van der Waals surface area contributed by atoms with Crippen molar-refractivity contribution in [3.8, 4) is 11.5 Å². The zero-order valence-corrected chi connectivity index (χ0v) is 11.0. The van der Waals surface area contributed by atoms with Crippen LogP contribution >= 0.6 is 0 Å². The average molecular weight is 247 g/mol. The Bertz CT molecular complexity index is 425. The molecule has 2 aliphatic heterocycles. The number of aryl methyl sites for hydroxylation is 1. The highest BCUT2D eigenvalue weighted by atomic mass is 16.6. The molecule has 18 heavy (non-hydrogen) atoms. The maximum atomic E-state index is 5.67.